The van der Waals surface area contributed by atoms with Crippen LogP contribution >= 0.6 is 15.9 Å². The highest BCUT2D eigenvalue weighted by atomic mass is 79.9. The summed E-state index contributed by atoms with van der Waals surface area (Å²) in [6.07, 6.45) is 0.928. The Balaban J connectivity index is 2.02. The van der Waals surface area contributed by atoms with Crippen molar-refractivity contribution in [2.75, 3.05) is 32.1 Å². The second-order valence-corrected chi connectivity index (χ2v) is 7.68. The number of hydrogen-bond acceptors (Lipinski definition) is 4. The monoisotopic (exact) mass is 430 g/mol. The highest BCUT2D eigenvalue weighted by molar-refractivity contribution is 9.10. The van der Waals surface area contributed by atoms with Gasteiger partial charge in [0, 0.05) is 34.4 Å². The van der Waals surface area contributed by atoms with Gasteiger partial charge in [0.1, 0.15) is 0 Å². The molecule has 0 aromatic heterocycles. The second-order valence-electron chi connectivity index (χ2n) is 6.82. The number of carbonyl (C=O) groups is 2. The fourth-order valence-corrected chi connectivity index (χ4v) is 3.73. The van der Waals surface area contributed by atoms with E-state index >= 15 is 0 Å². The Labute approximate surface area is 167 Å². The van der Waals surface area contributed by atoms with Gasteiger partial charge in [-0.25, -0.2) is 0 Å². The number of nitrogens with one attached hydrogen (secondary N) is 1. The summed E-state index contributed by atoms with van der Waals surface area (Å²) in [6, 6.07) is 11.1. The van der Waals surface area contributed by atoms with Gasteiger partial charge in [-0.05, 0) is 63.5 Å². The summed E-state index contributed by atoms with van der Waals surface area (Å²) < 4.78 is 0.928. The molecule has 142 valence electrons. The number of fused-ring (bicyclic) bond motifs is 1. The topological polar surface area (TPSA) is 78.7 Å². The van der Waals surface area contributed by atoms with Crippen LogP contribution in [0, 0.1) is 0 Å². The molecule has 27 heavy (non-hydrogen) atoms. The minimum atomic E-state index is -0.454. The summed E-state index contributed by atoms with van der Waals surface area (Å²) in [4.78, 5) is 28.1. The lowest BCUT2D eigenvalue weighted by molar-refractivity contribution is 0.0964. The predicted octanol–water partition coefficient (Wildman–Crippen LogP) is 2.88. The fraction of sp³-hybridized carbons (Fsp3) is 0.300. The Bertz CT molecular complexity index is 865. The third kappa shape index (κ3) is 4.14. The minimum absolute atomic E-state index is 0.0623. The van der Waals surface area contributed by atoms with Crippen molar-refractivity contribution >= 4 is 39.1 Å². The van der Waals surface area contributed by atoms with Crippen LogP contribution in [0.4, 0.5) is 11.4 Å². The average molecular weight is 431 g/mol. The molecule has 1 heterocycles. The first-order chi connectivity index (χ1) is 12.9. The summed E-state index contributed by atoms with van der Waals surface area (Å²) in [7, 11) is 4.08. The largest absolute Gasteiger partial charge is 0.366 e. The van der Waals surface area contributed by atoms with Gasteiger partial charge in [-0.15, -0.1) is 0 Å². The van der Waals surface area contributed by atoms with Crippen LogP contribution in [0.15, 0.2) is 40.9 Å². The smallest absolute Gasteiger partial charge is 0.254 e. The zero-order valence-electron chi connectivity index (χ0n) is 15.5. The van der Waals surface area contributed by atoms with E-state index in [9.17, 15) is 9.59 Å². The normalized spacial score (nSPS) is 12.8. The number of anilines is 2. The van der Waals surface area contributed by atoms with Crippen LogP contribution < -0.4 is 16.0 Å². The molecule has 0 aliphatic carbocycles. The molecule has 0 atom stereocenters. The standard InChI is InChI=1S/C20H23BrN4O2/c1-24(2)10-3-11-25(14-6-4-13(5-7-14)19(22)26)17-9-8-16(21)15-12-23-20(27)18(15)17/h4-9H,3,10-12H2,1-2H3,(H2,22,26)(H,23,27). The molecular weight excluding hydrogens is 408 g/mol. The molecule has 0 radical (unpaired) electrons. The zero-order valence-corrected chi connectivity index (χ0v) is 17.0. The number of benzene rings is 2. The maximum atomic E-state index is 12.5. The molecule has 0 fully saturated rings. The maximum absolute atomic E-state index is 12.5. The lowest BCUT2D eigenvalue weighted by Gasteiger charge is -2.27. The molecule has 7 heteroatoms. The molecule has 2 aromatic carbocycles. The van der Waals surface area contributed by atoms with Crippen molar-refractivity contribution in [2.24, 2.45) is 5.73 Å². The number of halogens is 1. The van der Waals surface area contributed by atoms with Crippen molar-refractivity contribution in [3.63, 3.8) is 0 Å². The molecule has 6 nitrogen and oxygen atoms in total. The average Bonchev–Trinajstić information content (AvgIpc) is 3.03. The molecule has 1 aliphatic rings. The highest BCUT2D eigenvalue weighted by Crippen LogP contribution is 2.36. The summed E-state index contributed by atoms with van der Waals surface area (Å²) in [6.45, 7) is 2.20. The van der Waals surface area contributed by atoms with Crippen LogP contribution in [0.3, 0.4) is 0 Å². The summed E-state index contributed by atoms with van der Waals surface area (Å²) in [5.41, 5.74) is 9.29. The first-order valence-corrected chi connectivity index (χ1v) is 9.59. The number of nitrogens with zero attached hydrogens (tertiary/aromatic N) is 2. The summed E-state index contributed by atoms with van der Waals surface area (Å²) >= 11 is 3.54. The van der Waals surface area contributed by atoms with Gasteiger partial charge in [0.15, 0.2) is 0 Å². The summed E-state index contributed by atoms with van der Waals surface area (Å²) in [5, 5.41) is 2.91. The molecule has 2 amide bonds. The molecule has 3 rings (SSSR count). The van der Waals surface area contributed by atoms with Crippen molar-refractivity contribution in [1.82, 2.24) is 10.2 Å². The van der Waals surface area contributed by atoms with Crippen molar-refractivity contribution in [2.45, 2.75) is 13.0 Å². The van der Waals surface area contributed by atoms with Crippen molar-refractivity contribution in [3.05, 3.63) is 57.6 Å². The van der Waals surface area contributed by atoms with E-state index in [1.807, 2.05) is 38.4 Å². The van der Waals surface area contributed by atoms with E-state index in [1.54, 1.807) is 12.1 Å². The number of hydrogen-bond donors (Lipinski definition) is 2. The van der Waals surface area contributed by atoms with E-state index in [1.165, 1.54) is 0 Å². The molecule has 0 saturated heterocycles. The third-order valence-electron chi connectivity index (χ3n) is 4.63. The molecule has 0 saturated carbocycles. The Morgan fingerprint density at radius 3 is 2.48 bits per heavy atom. The first kappa shape index (κ1) is 19.4. The second kappa shape index (κ2) is 8.10. The van der Waals surface area contributed by atoms with Crippen molar-refractivity contribution < 1.29 is 9.59 Å². The number of carbonyl (C=O) groups excluding carboxylic acids is 2. The van der Waals surface area contributed by atoms with E-state index in [2.05, 4.69) is 31.0 Å². The van der Waals surface area contributed by atoms with Gasteiger partial charge in [-0.3, -0.25) is 9.59 Å². The molecule has 1 aliphatic heterocycles. The van der Waals surface area contributed by atoms with Crippen LogP contribution in [-0.2, 0) is 6.54 Å². The predicted molar refractivity (Wildman–Crippen MR) is 110 cm³/mol. The van der Waals surface area contributed by atoms with Gasteiger partial charge in [0.2, 0.25) is 5.91 Å². The lowest BCUT2D eigenvalue weighted by atomic mass is 10.1. The molecule has 3 N–H and O–H groups in total. The van der Waals surface area contributed by atoms with Crippen LogP contribution in [0.5, 0.6) is 0 Å². The summed E-state index contributed by atoms with van der Waals surface area (Å²) in [5.74, 6) is -0.516. The van der Waals surface area contributed by atoms with E-state index in [0.29, 0.717) is 17.7 Å². The molecule has 0 unspecified atom stereocenters. The van der Waals surface area contributed by atoms with Gasteiger partial charge in [0.25, 0.3) is 5.91 Å². The number of rotatable bonds is 7. The maximum Gasteiger partial charge on any atom is 0.254 e. The van der Waals surface area contributed by atoms with Crippen molar-refractivity contribution in [1.29, 1.82) is 0 Å². The van der Waals surface area contributed by atoms with E-state index in [4.69, 9.17) is 5.73 Å². The van der Waals surface area contributed by atoms with E-state index < -0.39 is 5.91 Å². The van der Waals surface area contributed by atoms with Gasteiger partial charge >= 0.3 is 0 Å². The number of primary amides is 1. The van der Waals surface area contributed by atoms with E-state index in [0.717, 1.165) is 40.9 Å². The SMILES string of the molecule is CN(C)CCCN(c1ccc(C(N)=O)cc1)c1ccc(Br)c2c1C(=O)NC2. The number of amides is 2. The van der Waals surface area contributed by atoms with Crippen LogP contribution in [0.25, 0.3) is 0 Å². The quantitative estimate of drug-likeness (QED) is 0.707. The van der Waals surface area contributed by atoms with E-state index in [-0.39, 0.29) is 5.91 Å². The lowest BCUT2D eigenvalue weighted by Crippen LogP contribution is -2.25. The number of nitrogens with two attached hydrogens (primary N) is 1. The first-order valence-electron chi connectivity index (χ1n) is 8.80. The van der Waals surface area contributed by atoms with Gasteiger partial charge in [-0.2, -0.15) is 0 Å². The molecule has 0 spiro atoms. The van der Waals surface area contributed by atoms with Crippen molar-refractivity contribution in [3.8, 4) is 0 Å². The zero-order chi connectivity index (χ0) is 19.6. The van der Waals surface area contributed by atoms with Gasteiger partial charge in [-0.1, -0.05) is 15.9 Å². The highest BCUT2D eigenvalue weighted by Gasteiger charge is 2.27. The minimum Gasteiger partial charge on any atom is -0.366 e. The Morgan fingerprint density at radius 2 is 1.85 bits per heavy atom. The van der Waals surface area contributed by atoms with Crippen LogP contribution in [-0.4, -0.2) is 43.9 Å². The Hall–Kier alpha value is -2.38. The van der Waals surface area contributed by atoms with Gasteiger partial charge in [0.05, 0.1) is 11.3 Å². The Morgan fingerprint density at radius 1 is 1.15 bits per heavy atom. The Kier molecular flexibility index (Phi) is 5.82. The molecule has 2 aromatic rings. The van der Waals surface area contributed by atoms with Gasteiger partial charge < -0.3 is 20.9 Å². The van der Waals surface area contributed by atoms with Crippen LogP contribution in [0.2, 0.25) is 0 Å². The van der Waals surface area contributed by atoms with Crippen LogP contribution in [0.1, 0.15) is 32.7 Å². The third-order valence-corrected chi connectivity index (χ3v) is 5.37. The molecular formula is C20H23BrN4O2. The fourth-order valence-electron chi connectivity index (χ4n) is 3.26. The molecule has 0 bridgehead atoms.